The maximum Gasteiger partial charge on any atom is 0.358 e. The average Bonchev–Trinajstić information content (AvgIpc) is 2.40. The van der Waals surface area contributed by atoms with Gasteiger partial charge in [-0.05, 0) is 18.6 Å². The number of rotatable bonds is 5. The number of ether oxygens (including phenoxy) is 1. The summed E-state index contributed by atoms with van der Waals surface area (Å²) in [6.45, 7) is 2.05. The third-order valence-electron chi connectivity index (χ3n) is 2.39. The largest absolute Gasteiger partial charge is 0.476 e. The van der Waals surface area contributed by atoms with Crippen LogP contribution in [0.1, 0.15) is 29.5 Å². The number of aryl methyl sites for hydroxylation is 1. The molecule has 19 heavy (non-hydrogen) atoms. The summed E-state index contributed by atoms with van der Waals surface area (Å²) in [6, 6.07) is 4.84. The molecule has 0 fully saturated rings. The van der Waals surface area contributed by atoms with Gasteiger partial charge in [-0.3, -0.25) is 0 Å². The van der Waals surface area contributed by atoms with Crippen molar-refractivity contribution in [1.82, 2.24) is 15.0 Å². The Morgan fingerprint density at radius 2 is 2.21 bits per heavy atom. The normalized spacial score (nSPS) is 10.2. The molecule has 98 valence electrons. The molecule has 0 atom stereocenters. The Morgan fingerprint density at radius 1 is 1.37 bits per heavy atom. The standard InChI is InChI=1S/C13H13N3O3/c1-2-4-9-7-11(16-8-15-9)19-10-5-3-6-14-12(10)13(17)18/h3,5-8H,2,4H2,1H3,(H,17,18). The van der Waals surface area contributed by atoms with Gasteiger partial charge in [-0.2, -0.15) is 0 Å². The number of nitrogens with zero attached hydrogens (tertiary/aromatic N) is 3. The highest BCUT2D eigenvalue weighted by molar-refractivity contribution is 5.88. The Labute approximate surface area is 110 Å². The summed E-state index contributed by atoms with van der Waals surface area (Å²) in [5.41, 5.74) is 0.714. The second kappa shape index (κ2) is 5.90. The average molecular weight is 259 g/mol. The van der Waals surface area contributed by atoms with Gasteiger partial charge in [0.15, 0.2) is 11.4 Å². The monoisotopic (exact) mass is 259 g/mol. The highest BCUT2D eigenvalue weighted by Crippen LogP contribution is 2.22. The Balaban J connectivity index is 2.26. The minimum atomic E-state index is -1.14. The SMILES string of the molecule is CCCc1cc(Oc2cccnc2C(=O)O)ncn1. The second-order valence-corrected chi connectivity index (χ2v) is 3.85. The molecule has 0 aliphatic rings. The number of aromatic nitrogens is 3. The van der Waals surface area contributed by atoms with Gasteiger partial charge in [0.1, 0.15) is 6.33 Å². The molecule has 6 heteroatoms. The van der Waals surface area contributed by atoms with E-state index in [1.54, 1.807) is 12.1 Å². The van der Waals surface area contributed by atoms with Crippen molar-refractivity contribution in [2.24, 2.45) is 0 Å². The minimum absolute atomic E-state index is 0.141. The molecule has 2 aromatic heterocycles. The van der Waals surface area contributed by atoms with Gasteiger partial charge in [-0.1, -0.05) is 13.3 Å². The van der Waals surface area contributed by atoms with E-state index in [4.69, 9.17) is 9.84 Å². The molecule has 6 nitrogen and oxygen atoms in total. The van der Waals surface area contributed by atoms with E-state index in [2.05, 4.69) is 15.0 Å². The Bertz CT molecular complexity index is 587. The van der Waals surface area contributed by atoms with E-state index in [1.807, 2.05) is 6.92 Å². The number of hydrogen-bond acceptors (Lipinski definition) is 5. The summed E-state index contributed by atoms with van der Waals surface area (Å²) in [7, 11) is 0. The van der Waals surface area contributed by atoms with Crippen molar-refractivity contribution in [3.8, 4) is 11.6 Å². The molecule has 0 saturated carbocycles. The molecule has 0 aliphatic heterocycles. The van der Waals surface area contributed by atoms with Crippen molar-refractivity contribution in [3.05, 3.63) is 42.1 Å². The number of carbonyl (C=O) groups is 1. The summed E-state index contributed by atoms with van der Waals surface area (Å²) >= 11 is 0. The van der Waals surface area contributed by atoms with E-state index in [9.17, 15) is 4.79 Å². The van der Waals surface area contributed by atoms with Crippen LogP contribution in [0.5, 0.6) is 11.6 Å². The van der Waals surface area contributed by atoms with Crippen LogP contribution in [0.15, 0.2) is 30.7 Å². The first kappa shape index (κ1) is 12.9. The highest BCUT2D eigenvalue weighted by Gasteiger charge is 2.13. The molecule has 0 radical (unpaired) electrons. The van der Waals surface area contributed by atoms with Gasteiger partial charge in [0.2, 0.25) is 5.88 Å². The number of carboxylic acid groups (broad SMARTS) is 1. The lowest BCUT2D eigenvalue weighted by atomic mass is 10.2. The lowest BCUT2D eigenvalue weighted by molar-refractivity contribution is 0.0687. The lowest BCUT2D eigenvalue weighted by Gasteiger charge is -2.07. The van der Waals surface area contributed by atoms with Crippen LogP contribution in [-0.2, 0) is 6.42 Å². The van der Waals surface area contributed by atoms with Crippen molar-refractivity contribution in [3.63, 3.8) is 0 Å². The molecule has 0 spiro atoms. The smallest absolute Gasteiger partial charge is 0.358 e. The molecule has 0 aliphatic carbocycles. The molecular weight excluding hydrogens is 246 g/mol. The third kappa shape index (κ3) is 3.25. The summed E-state index contributed by atoms with van der Waals surface area (Å²) < 4.78 is 5.46. The van der Waals surface area contributed by atoms with Crippen molar-refractivity contribution in [2.75, 3.05) is 0 Å². The van der Waals surface area contributed by atoms with E-state index in [-0.39, 0.29) is 11.4 Å². The van der Waals surface area contributed by atoms with Crippen molar-refractivity contribution in [2.45, 2.75) is 19.8 Å². The van der Waals surface area contributed by atoms with Gasteiger partial charge in [0, 0.05) is 18.0 Å². The van der Waals surface area contributed by atoms with Gasteiger partial charge < -0.3 is 9.84 Å². The maximum atomic E-state index is 11.0. The molecule has 2 rings (SSSR count). The fourth-order valence-electron chi connectivity index (χ4n) is 1.57. The summed E-state index contributed by atoms with van der Waals surface area (Å²) in [5.74, 6) is -0.663. The zero-order valence-corrected chi connectivity index (χ0v) is 10.4. The molecule has 2 heterocycles. The lowest BCUT2D eigenvalue weighted by Crippen LogP contribution is -2.03. The van der Waals surface area contributed by atoms with Gasteiger partial charge in [0.25, 0.3) is 0 Å². The summed E-state index contributed by atoms with van der Waals surface area (Å²) in [4.78, 5) is 22.8. The van der Waals surface area contributed by atoms with Crippen molar-refractivity contribution < 1.29 is 14.6 Å². The van der Waals surface area contributed by atoms with Gasteiger partial charge in [-0.15, -0.1) is 0 Å². The first-order valence-electron chi connectivity index (χ1n) is 5.87. The van der Waals surface area contributed by atoms with Gasteiger partial charge in [-0.25, -0.2) is 19.7 Å². The topological polar surface area (TPSA) is 85.2 Å². The maximum absolute atomic E-state index is 11.0. The molecule has 0 unspecified atom stereocenters. The first-order valence-corrected chi connectivity index (χ1v) is 5.87. The van der Waals surface area contributed by atoms with E-state index < -0.39 is 5.97 Å². The Kier molecular flexibility index (Phi) is 4.02. The van der Waals surface area contributed by atoms with E-state index in [0.29, 0.717) is 5.88 Å². The number of aromatic carboxylic acids is 1. The number of hydrogen-bond donors (Lipinski definition) is 1. The van der Waals surface area contributed by atoms with Gasteiger partial charge >= 0.3 is 5.97 Å². The van der Waals surface area contributed by atoms with E-state index in [0.717, 1.165) is 18.5 Å². The third-order valence-corrected chi connectivity index (χ3v) is 2.39. The van der Waals surface area contributed by atoms with Crippen LogP contribution >= 0.6 is 0 Å². The quantitative estimate of drug-likeness (QED) is 0.886. The zero-order chi connectivity index (χ0) is 13.7. The second-order valence-electron chi connectivity index (χ2n) is 3.85. The molecule has 0 aromatic carbocycles. The van der Waals surface area contributed by atoms with Crippen LogP contribution < -0.4 is 4.74 Å². The molecule has 2 aromatic rings. The van der Waals surface area contributed by atoms with Crippen LogP contribution in [0.2, 0.25) is 0 Å². The van der Waals surface area contributed by atoms with Crippen molar-refractivity contribution in [1.29, 1.82) is 0 Å². The van der Waals surface area contributed by atoms with Gasteiger partial charge in [0.05, 0.1) is 0 Å². The van der Waals surface area contributed by atoms with Crippen molar-refractivity contribution >= 4 is 5.97 Å². The molecule has 0 amide bonds. The zero-order valence-electron chi connectivity index (χ0n) is 10.4. The van der Waals surface area contributed by atoms with E-state index in [1.165, 1.54) is 18.6 Å². The molecule has 0 bridgehead atoms. The number of carboxylic acids is 1. The van der Waals surface area contributed by atoms with Crippen LogP contribution in [0.4, 0.5) is 0 Å². The fourth-order valence-corrected chi connectivity index (χ4v) is 1.57. The minimum Gasteiger partial charge on any atom is -0.476 e. The Hall–Kier alpha value is -2.50. The molecule has 1 N–H and O–H groups in total. The van der Waals surface area contributed by atoms with Crippen LogP contribution in [0.25, 0.3) is 0 Å². The molecular formula is C13H13N3O3. The van der Waals surface area contributed by atoms with Crippen LogP contribution in [-0.4, -0.2) is 26.0 Å². The number of pyridine rings is 1. The van der Waals surface area contributed by atoms with Crippen LogP contribution in [0.3, 0.4) is 0 Å². The fraction of sp³-hybridized carbons (Fsp3) is 0.231. The summed E-state index contributed by atoms with van der Waals surface area (Å²) in [5, 5.41) is 9.01. The predicted octanol–water partition coefficient (Wildman–Crippen LogP) is 2.31. The van der Waals surface area contributed by atoms with E-state index >= 15 is 0 Å². The Morgan fingerprint density at radius 3 is 2.95 bits per heavy atom. The predicted molar refractivity (Wildman–Crippen MR) is 67.3 cm³/mol. The first-order chi connectivity index (χ1) is 9.20. The summed E-state index contributed by atoms with van der Waals surface area (Å²) in [6.07, 6.45) is 4.58. The van der Waals surface area contributed by atoms with Crippen LogP contribution in [0, 0.1) is 0 Å². The highest BCUT2D eigenvalue weighted by atomic mass is 16.5. The molecule has 0 saturated heterocycles.